The van der Waals surface area contributed by atoms with Gasteiger partial charge in [-0.15, -0.1) is 0 Å². The Labute approximate surface area is 128 Å². The zero-order chi connectivity index (χ0) is 14.8. The van der Waals surface area contributed by atoms with Crippen LogP contribution in [0, 0.1) is 0 Å². The summed E-state index contributed by atoms with van der Waals surface area (Å²) in [6.45, 7) is 0.511. The quantitative estimate of drug-likeness (QED) is 0.892. The highest BCUT2D eigenvalue weighted by Crippen LogP contribution is 2.22. The molecule has 1 saturated carbocycles. The Morgan fingerprint density at radius 2 is 2.19 bits per heavy atom. The fourth-order valence-electron chi connectivity index (χ4n) is 2.09. The zero-order valence-electron chi connectivity index (χ0n) is 11.8. The largest absolute Gasteiger partial charge is 0.377 e. The first-order valence-corrected chi connectivity index (χ1v) is 7.33. The van der Waals surface area contributed by atoms with Crippen molar-refractivity contribution in [3.05, 3.63) is 47.0 Å². The molecule has 0 spiro atoms. The van der Waals surface area contributed by atoms with E-state index < -0.39 is 0 Å². The number of carbonyl (C=O) groups excluding carboxylic acids is 1. The van der Waals surface area contributed by atoms with E-state index in [0.717, 1.165) is 24.4 Å². The lowest BCUT2D eigenvalue weighted by atomic mass is 10.1. The van der Waals surface area contributed by atoms with E-state index >= 15 is 0 Å². The second-order valence-electron chi connectivity index (χ2n) is 5.20. The van der Waals surface area contributed by atoms with Crippen molar-refractivity contribution in [2.24, 2.45) is 7.05 Å². The lowest BCUT2D eigenvalue weighted by Crippen LogP contribution is -2.26. The molecule has 6 heteroatoms. The van der Waals surface area contributed by atoms with Gasteiger partial charge in [0.05, 0.1) is 18.3 Å². The summed E-state index contributed by atoms with van der Waals surface area (Å²) in [6, 6.07) is 7.84. The number of para-hydroxylation sites is 1. The lowest BCUT2D eigenvalue weighted by molar-refractivity contribution is 0.0952. The third kappa shape index (κ3) is 3.19. The number of halogens is 1. The normalized spacial score (nSPS) is 14.0. The van der Waals surface area contributed by atoms with Crippen LogP contribution < -0.4 is 10.6 Å². The Hall–Kier alpha value is -2.01. The summed E-state index contributed by atoms with van der Waals surface area (Å²) in [5.74, 6) is 0.788. The van der Waals surface area contributed by atoms with Crippen LogP contribution in [0.15, 0.2) is 30.5 Å². The van der Waals surface area contributed by atoms with Crippen molar-refractivity contribution < 1.29 is 4.79 Å². The van der Waals surface area contributed by atoms with Crippen LogP contribution in [-0.4, -0.2) is 21.5 Å². The van der Waals surface area contributed by atoms with E-state index in [1.165, 1.54) is 0 Å². The topological polar surface area (TPSA) is 59.0 Å². The molecule has 0 aliphatic heterocycles. The Morgan fingerprint density at radius 1 is 1.43 bits per heavy atom. The molecule has 1 heterocycles. The van der Waals surface area contributed by atoms with Gasteiger partial charge in [-0.1, -0.05) is 23.7 Å². The van der Waals surface area contributed by atoms with Crippen LogP contribution >= 0.6 is 11.6 Å². The Bertz CT molecular complexity index is 663. The molecule has 1 amide bonds. The van der Waals surface area contributed by atoms with E-state index in [9.17, 15) is 4.79 Å². The maximum absolute atomic E-state index is 12.2. The number of aromatic nitrogens is 2. The van der Waals surface area contributed by atoms with Crippen molar-refractivity contribution in [3.8, 4) is 0 Å². The Kier molecular flexibility index (Phi) is 3.84. The van der Waals surface area contributed by atoms with Crippen molar-refractivity contribution >= 4 is 23.2 Å². The molecule has 0 unspecified atom stereocenters. The van der Waals surface area contributed by atoms with Gasteiger partial charge < -0.3 is 15.2 Å². The molecule has 2 aromatic rings. The third-order valence-corrected chi connectivity index (χ3v) is 3.90. The highest BCUT2D eigenvalue weighted by Gasteiger charge is 2.24. The highest BCUT2D eigenvalue weighted by molar-refractivity contribution is 6.29. The average Bonchev–Trinajstić information content (AvgIpc) is 3.25. The first kappa shape index (κ1) is 13.9. The molecule has 1 aromatic heterocycles. The first-order chi connectivity index (χ1) is 10.1. The van der Waals surface area contributed by atoms with Crippen molar-refractivity contribution in [2.45, 2.75) is 25.4 Å². The number of amides is 1. The highest BCUT2D eigenvalue weighted by atomic mass is 35.5. The lowest BCUT2D eigenvalue weighted by Gasteiger charge is -2.12. The number of nitrogens with zero attached hydrogens (tertiary/aromatic N) is 2. The van der Waals surface area contributed by atoms with Gasteiger partial charge in [-0.05, 0) is 25.0 Å². The number of imidazole rings is 1. The number of rotatable bonds is 5. The summed E-state index contributed by atoms with van der Waals surface area (Å²) < 4.78 is 1.81. The zero-order valence-corrected chi connectivity index (χ0v) is 12.5. The van der Waals surface area contributed by atoms with Crippen molar-refractivity contribution in [2.75, 3.05) is 5.32 Å². The van der Waals surface area contributed by atoms with Gasteiger partial charge in [0.2, 0.25) is 0 Å². The van der Waals surface area contributed by atoms with E-state index in [2.05, 4.69) is 15.6 Å². The summed E-state index contributed by atoms with van der Waals surface area (Å²) >= 11 is 5.97. The minimum Gasteiger partial charge on any atom is -0.377 e. The summed E-state index contributed by atoms with van der Waals surface area (Å²) in [7, 11) is 1.86. The molecule has 3 rings (SSSR count). The van der Waals surface area contributed by atoms with Gasteiger partial charge in [-0.2, -0.15) is 0 Å². The van der Waals surface area contributed by atoms with Crippen LogP contribution in [0.25, 0.3) is 0 Å². The first-order valence-electron chi connectivity index (χ1n) is 6.95. The van der Waals surface area contributed by atoms with Gasteiger partial charge in [0, 0.05) is 18.8 Å². The Balaban J connectivity index is 1.72. The molecular formula is C15H17ClN4O. The molecule has 21 heavy (non-hydrogen) atoms. The Morgan fingerprint density at radius 3 is 2.86 bits per heavy atom. The number of nitrogens with one attached hydrogen (secondary N) is 2. The molecule has 1 aromatic carbocycles. The van der Waals surface area contributed by atoms with Crippen LogP contribution in [0.5, 0.6) is 0 Å². The number of hydrogen-bond donors (Lipinski definition) is 2. The van der Waals surface area contributed by atoms with Crippen molar-refractivity contribution in [1.29, 1.82) is 0 Å². The maximum atomic E-state index is 12.2. The summed E-state index contributed by atoms with van der Waals surface area (Å²) in [4.78, 5) is 16.4. The van der Waals surface area contributed by atoms with Crippen LogP contribution in [0.2, 0.25) is 5.15 Å². The fourth-order valence-corrected chi connectivity index (χ4v) is 2.24. The van der Waals surface area contributed by atoms with Crippen molar-refractivity contribution in [1.82, 2.24) is 14.9 Å². The smallest absolute Gasteiger partial charge is 0.253 e. The van der Waals surface area contributed by atoms with Crippen LogP contribution in [-0.2, 0) is 13.6 Å². The number of anilines is 1. The van der Waals surface area contributed by atoms with E-state index in [1.807, 2.05) is 31.3 Å². The van der Waals surface area contributed by atoms with Crippen LogP contribution in [0.3, 0.4) is 0 Å². The molecule has 0 radical (unpaired) electrons. The molecule has 0 saturated heterocycles. The number of carbonyl (C=O) groups is 1. The second-order valence-corrected chi connectivity index (χ2v) is 5.59. The molecule has 1 aliphatic rings. The van der Waals surface area contributed by atoms with Crippen LogP contribution in [0.4, 0.5) is 5.69 Å². The van der Waals surface area contributed by atoms with Crippen LogP contribution in [0.1, 0.15) is 29.0 Å². The third-order valence-electron chi connectivity index (χ3n) is 3.55. The van der Waals surface area contributed by atoms with E-state index in [1.54, 1.807) is 10.8 Å². The minimum atomic E-state index is -0.0292. The van der Waals surface area contributed by atoms with Gasteiger partial charge in [0.15, 0.2) is 0 Å². The summed E-state index contributed by atoms with van der Waals surface area (Å²) in [6.07, 6.45) is 3.77. The van der Waals surface area contributed by atoms with E-state index in [-0.39, 0.29) is 5.91 Å². The maximum Gasteiger partial charge on any atom is 0.253 e. The fraction of sp³-hybridized carbons (Fsp3) is 0.333. The van der Waals surface area contributed by atoms with E-state index in [4.69, 9.17) is 11.6 Å². The molecule has 1 fully saturated rings. The monoisotopic (exact) mass is 304 g/mol. The molecule has 5 nitrogen and oxygen atoms in total. The van der Waals surface area contributed by atoms with Gasteiger partial charge in [0.25, 0.3) is 5.91 Å². The van der Waals surface area contributed by atoms with Gasteiger partial charge in [-0.3, -0.25) is 4.79 Å². The van der Waals surface area contributed by atoms with Gasteiger partial charge in [0.1, 0.15) is 11.0 Å². The molecular weight excluding hydrogens is 288 g/mol. The number of benzene rings is 1. The predicted molar refractivity (Wildman–Crippen MR) is 82.5 cm³/mol. The SMILES string of the molecule is Cn1c(Cl)cnc1CNc1ccccc1C(=O)NC1CC1. The summed E-state index contributed by atoms with van der Waals surface area (Å²) in [5.41, 5.74) is 1.46. The standard InChI is InChI=1S/C15H17ClN4O/c1-20-13(16)8-18-14(20)9-17-12-5-3-2-4-11(12)15(21)19-10-6-7-10/h2-5,8,10,17H,6-7,9H2,1H3,(H,19,21). The van der Waals surface area contributed by atoms with E-state index in [0.29, 0.717) is 23.3 Å². The second kappa shape index (κ2) is 5.77. The predicted octanol–water partition coefficient (Wildman–Crippen LogP) is 2.58. The molecule has 2 N–H and O–H groups in total. The molecule has 0 atom stereocenters. The molecule has 0 bridgehead atoms. The average molecular weight is 305 g/mol. The summed E-state index contributed by atoms with van der Waals surface area (Å²) in [5, 5.41) is 6.85. The van der Waals surface area contributed by atoms with Gasteiger partial charge >= 0.3 is 0 Å². The molecule has 1 aliphatic carbocycles. The van der Waals surface area contributed by atoms with Gasteiger partial charge in [-0.25, -0.2) is 4.98 Å². The van der Waals surface area contributed by atoms with Crippen molar-refractivity contribution in [3.63, 3.8) is 0 Å². The minimum absolute atomic E-state index is 0.0292. The molecule has 110 valence electrons. The number of hydrogen-bond acceptors (Lipinski definition) is 3.